The quantitative estimate of drug-likeness (QED) is 0.919. The molecule has 1 aliphatic carbocycles. The Bertz CT molecular complexity index is 615. The molecule has 2 unspecified atom stereocenters. The molecule has 0 aromatic heterocycles. The summed E-state index contributed by atoms with van der Waals surface area (Å²) in [4.78, 5) is 0. The molecule has 2 nitrogen and oxygen atoms in total. The zero-order valence-electron chi connectivity index (χ0n) is 13.0. The summed E-state index contributed by atoms with van der Waals surface area (Å²) in [6.45, 7) is 4.23. The van der Waals surface area contributed by atoms with Crippen molar-refractivity contribution in [1.29, 1.82) is 0 Å². The van der Waals surface area contributed by atoms with Gasteiger partial charge in [0.2, 0.25) is 0 Å². The van der Waals surface area contributed by atoms with Crippen LogP contribution in [0.3, 0.4) is 0 Å². The number of ether oxygens (including phenoxy) is 1. The maximum Gasteiger partial charge on any atom is 0.120 e. The molecule has 0 amide bonds. The van der Waals surface area contributed by atoms with E-state index in [0.29, 0.717) is 0 Å². The van der Waals surface area contributed by atoms with Crippen LogP contribution in [0, 0.1) is 13.8 Å². The largest absolute Gasteiger partial charge is 0.488 e. The van der Waals surface area contributed by atoms with Gasteiger partial charge in [0, 0.05) is 0 Å². The molecule has 2 heteroatoms. The maximum absolute atomic E-state index is 6.31. The van der Waals surface area contributed by atoms with E-state index in [1.807, 2.05) is 7.05 Å². The number of benzene rings is 2. The zero-order valence-corrected chi connectivity index (χ0v) is 13.0. The second-order valence-corrected chi connectivity index (χ2v) is 5.98. The van der Waals surface area contributed by atoms with Crippen molar-refractivity contribution in [3.05, 3.63) is 64.7 Å². The van der Waals surface area contributed by atoms with Gasteiger partial charge in [-0.2, -0.15) is 0 Å². The third kappa shape index (κ3) is 2.96. The highest BCUT2D eigenvalue weighted by molar-refractivity contribution is 5.36. The Morgan fingerprint density at radius 1 is 1.05 bits per heavy atom. The van der Waals surface area contributed by atoms with Gasteiger partial charge in [-0.05, 0) is 68.1 Å². The lowest BCUT2D eigenvalue weighted by Gasteiger charge is -2.33. The van der Waals surface area contributed by atoms with Gasteiger partial charge in [-0.1, -0.05) is 30.3 Å². The van der Waals surface area contributed by atoms with E-state index in [-0.39, 0.29) is 12.1 Å². The van der Waals surface area contributed by atoms with Gasteiger partial charge in [0.1, 0.15) is 11.9 Å². The molecular weight excluding hydrogens is 258 g/mol. The van der Waals surface area contributed by atoms with Crippen molar-refractivity contribution >= 4 is 0 Å². The van der Waals surface area contributed by atoms with Crippen molar-refractivity contribution < 1.29 is 4.74 Å². The Kier molecular flexibility index (Phi) is 3.98. The molecule has 21 heavy (non-hydrogen) atoms. The van der Waals surface area contributed by atoms with Gasteiger partial charge in [-0.3, -0.25) is 0 Å². The highest BCUT2D eigenvalue weighted by Crippen LogP contribution is 2.32. The highest BCUT2D eigenvalue weighted by atomic mass is 16.5. The molecule has 1 N–H and O–H groups in total. The normalized spacial score (nSPS) is 20.9. The lowest BCUT2D eigenvalue weighted by molar-refractivity contribution is 0.139. The minimum Gasteiger partial charge on any atom is -0.488 e. The van der Waals surface area contributed by atoms with Crippen molar-refractivity contribution in [1.82, 2.24) is 5.32 Å². The fraction of sp³-hybridized carbons (Fsp3) is 0.368. The fourth-order valence-electron chi connectivity index (χ4n) is 3.37. The highest BCUT2D eigenvalue weighted by Gasteiger charge is 2.29. The van der Waals surface area contributed by atoms with Gasteiger partial charge >= 0.3 is 0 Å². The van der Waals surface area contributed by atoms with E-state index in [1.54, 1.807) is 0 Å². The van der Waals surface area contributed by atoms with Gasteiger partial charge in [0.05, 0.1) is 6.04 Å². The Morgan fingerprint density at radius 2 is 1.76 bits per heavy atom. The van der Waals surface area contributed by atoms with Gasteiger partial charge in [-0.25, -0.2) is 0 Å². The average molecular weight is 281 g/mol. The molecule has 2 atom stereocenters. The van der Waals surface area contributed by atoms with Crippen LogP contribution in [0.2, 0.25) is 0 Å². The van der Waals surface area contributed by atoms with Crippen LogP contribution in [-0.2, 0) is 6.42 Å². The van der Waals surface area contributed by atoms with Crippen molar-refractivity contribution in [2.24, 2.45) is 0 Å². The first kappa shape index (κ1) is 14.2. The third-order valence-corrected chi connectivity index (χ3v) is 4.25. The summed E-state index contributed by atoms with van der Waals surface area (Å²) in [5.74, 6) is 0.983. The maximum atomic E-state index is 6.31. The number of likely N-dealkylation sites (N-methyl/N-ethyl adjacent to an activating group) is 1. The molecular formula is C19H23NO. The van der Waals surface area contributed by atoms with Crippen molar-refractivity contribution in [2.75, 3.05) is 7.05 Å². The molecule has 0 heterocycles. The first-order chi connectivity index (χ1) is 10.2. The van der Waals surface area contributed by atoms with Crippen LogP contribution < -0.4 is 10.1 Å². The molecule has 2 aromatic rings. The van der Waals surface area contributed by atoms with Crippen LogP contribution in [0.15, 0.2) is 42.5 Å². The summed E-state index contributed by atoms with van der Waals surface area (Å²) in [7, 11) is 2.02. The van der Waals surface area contributed by atoms with Gasteiger partial charge in [-0.15, -0.1) is 0 Å². The Morgan fingerprint density at radius 3 is 2.48 bits per heavy atom. The second kappa shape index (κ2) is 5.90. The predicted octanol–water partition coefficient (Wildman–Crippen LogP) is 3.96. The van der Waals surface area contributed by atoms with E-state index in [1.165, 1.54) is 22.3 Å². The average Bonchev–Trinajstić information content (AvgIpc) is 2.46. The molecule has 0 fully saturated rings. The molecule has 2 aromatic carbocycles. The molecule has 0 saturated heterocycles. The molecule has 0 aliphatic heterocycles. The first-order valence-corrected chi connectivity index (χ1v) is 7.67. The molecule has 1 aliphatic rings. The third-order valence-electron chi connectivity index (χ3n) is 4.25. The number of fused-ring (bicyclic) bond motifs is 1. The van der Waals surface area contributed by atoms with Crippen LogP contribution in [0.1, 0.15) is 34.7 Å². The summed E-state index contributed by atoms with van der Waals surface area (Å²) in [5.41, 5.74) is 5.32. The summed E-state index contributed by atoms with van der Waals surface area (Å²) < 4.78 is 6.31. The Hall–Kier alpha value is -1.80. The lowest BCUT2D eigenvalue weighted by Crippen LogP contribution is -2.37. The van der Waals surface area contributed by atoms with Gasteiger partial charge in [0.15, 0.2) is 0 Å². The number of rotatable bonds is 3. The molecule has 0 spiro atoms. The standard InChI is InChI=1S/C19H23NO/c1-13-10-14(2)12-16(11-13)21-18-9-8-15-6-4-5-7-17(15)19(18)20-3/h4-7,10-12,18-20H,8-9H2,1-3H3. The summed E-state index contributed by atoms with van der Waals surface area (Å²) in [6, 6.07) is 15.4. The van der Waals surface area contributed by atoms with Crippen LogP contribution in [0.5, 0.6) is 5.75 Å². The number of hydrogen-bond acceptors (Lipinski definition) is 2. The lowest BCUT2D eigenvalue weighted by atomic mass is 9.85. The van der Waals surface area contributed by atoms with E-state index in [0.717, 1.165) is 18.6 Å². The zero-order chi connectivity index (χ0) is 14.8. The van der Waals surface area contributed by atoms with Crippen molar-refractivity contribution in [3.8, 4) is 5.75 Å². The molecule has 3 rings (SSSR count). The summed E-state index contributed by atoms with van der Waals surface area (Å²) in [6.07, 6.45) is 2.32. The van der Waals surface area contributed by atoms with Gasteiger partial charge in [0.25, 0.3) is 0 Å². The van der Waals surface area contributed by atoms with Crippen LogP contribution >= 0.6 is 0 Å². The van der Waals surface area contributed by atoms with E-state index < -0.39 is 0 Å². The van der Waals surface area contributed by atoms with Crippen molar-refractivity contribution in [3.63, 3.8) is 0 Å². The molecule has 0 radical (unpaired) electrons. The smallest absolute Gasteiger partial charge is 0.120 e. The number of hydrogen-bond donors (Lipinski definition) is 1. The summed E-state index contributed by atoms with van der Waals surface area (Å²) >= 11 is 0. The molecule has 0 bridgehead atoms. The van der Waals surface area contributed by atoms with E-state index in [2.05, 4.69) is 61.6 Å². The monoisotopic (exact) mass is 281 g/mol. The van der Waals surface area contributed by atoms with E-state index in [9.17, 15) is 0 Å². The number of aryl methyl sites for hydroxylation is 3. The van der Waals surface area contributed by atoms with Crippen LogP contribution in [0.4, 0.5) is 0 Å². The number of nitrogens with one attached hydrogen (secondary N) is 1. The predicted molar refractivity (Wildman–Crippen MR) is 86.9 cm³/mol. The van der Waals surface area contributed by atoms with Gasteiger partial charge < -0.3 is 10.1 Å². The Balaban J connectivity index is 1.86. The van der Waals surface area contributed by atoms with E-state index >= 15 is 0 Å². The SMILES string of the molecule is CNC1c2ccccc2CCC1Oc1cc(C)cc(C)c1. The van der Waals surface area contributed by atoms with Crippen LogP contribution in [0.25, 0.3) is 0 Å². The van der Waals surface area contributed by atoms with Crippen LogP contribution in [-0.4, -0.2) is 13.2 Å². The van der Waals surface area contributed by atoms with E-state index in [4.69, 9.17) is 4.74 Å². The molecule has 0 saturated carbocycles. The minimum absolute atomic E-state index is 0.186. The fourth-order valence-corrected chi connectivity index (χ4v) is 3.37. The Labute approximate surface area is 127 Å². The second-order valence-electron chi connectivity index (χ2n) is 5.98. The van der Waals surface area contributed by atoms with Crippen molar-refractivity contribution in [2.45, 2.75) is 38.8 Å². The first-order valence-electron chi connectivity index (χ1n) is 7.67. The topological polar surface area (TPSA) is 21.3 Å². The minimum atomic E-state index is 0.186. The summed E-state index contributed by atoms with van der Waals surface area (Å²) in [5, 5.41) is 3.43. The molecule has 110 valence electrons.